The van der Waals surface area contributed by atoms with Crippen molar-refractivity contribution in [2.24, 2.45) is 0 Å². The van der Waals surface area contributed by atoms with Crippen molar-refractivity contribution < 1.29 is 27.1 Å². The van der Waals surface area contributed by atoms with Gasteiger partial charge >= 0.3 is 0 Å². The number of H-pyrrole nitrogens is 1. The predicted molar refractivity (Wildman–Crippen MR) is 150 cm³/mol. The van der Waals surface area contributed by atoms with Gasteiger partial charge in [0.1, 0.15) is 17.6 Å². The van der Waals surface area contributed by atoms with Crippen LogP contribution in [0.15, 0.2) is 35.5 Å². The van der Waals surface area contributed by atoms with Crippen molar-refractivity contribution in [3.8, 4) is 11.1 Å². The van der Waals surface area contributed by atoms with Crippen LogP contribution in [0, 0.1) is 11.6 Å². The molecule has 0 bridgehead atoms. The molecule has 43 heavy (non-hydrogen) atoms. The number of halogens is 4. The van der Waals surface area contributed by atoms with Crippen LogP contribution in [0.5, 0.6) is 0 Å². The summed E-state index contributed by atoms with van der Waals surface area (Å²) in [6.45, 7) is 4.01. The number of anilines is 3. The molecule has 226 valence electrons. The molecule has 4 fully saturated rings. The summed E-state index contributed by atoms with van der Waals surface area (Å²) in [5, 5.41) is 2.40. The zero-order valence-electron chi connectivity index (χ0n) is 23.4. The Hall–Kier alpha value is -4.04. The number of likely N-dealkylation sites (N-methyl/N-ethyl adjacent to an activating group) is 1. The average molecular weight is 600 g/mol. The van der Waals surface area contributed by atoms with Gasteiger partial charge in [0.2, 0.25) is 11.5 Å². The van der Waals surface area contributed by atoms with E-state index in [1.165, 1.54) is 12.4 Å². The summed E-state index contributed by atoms with van der Waals surface area (Å²) in [5.41, 5.74) is -2.95. The summed E-state index contributed by atoms with van der Waals surface area (Å²) < 4.78 is 65.3. The lowest BCUT2D eigenvalue weighted by Gasteiger charge is -2.74. The van der Waals surface area contributed by atoms with Gasteiger partial charge in [-0.3, -0.25) is 9.59 Å². The third kappa shape index (κ3) is 4.21. The van der Waals surface area contributed by atoms with Crippen LogP contribution in [0.3, 0.4) is 0 Å². The molecule has 14 heteroatoms. The lowest BCUT2D eigenvalue weighted by molar-refractivity contribution is -0.288. The molecule has 1 amide bonds. The predicted octanol–water partition coefficient (Wildman–Crippen LogP) is 3.56. The van der Waals surface area contributed by atoms with Gasteiger partial charge in [-0.1, -0.05) is 0 Å². The minimum Gasteiger partial charge on any atom is -0.368 e. The van der Waals surface area contributed by atoms with Crippen molar-refractivity contribution in [3.63, 3.8) is 0 Å². The number of hydrogen-bond acceptors (Lipinski definition) is 8. The molecule has 10 nitrogen and oxygen atoms in total. The Bertz CT molecular complexity index is 1660. The Morgan fingerprint density at radius 1 is 1.16 bits per heavy atom. The van der Waals surface area contributed by atoms with E-state index in [9.17, 15) is 18.4 Å². The number of rotatable bonds is 6. The third-order valence-electron chi connectivity index (χ3n) is 9.44. The normalized spacial score (nSPS) is 26.3. The van der Waals surface area contributed by atoms with Crippen LogP contribution in [0.1, 0.15) is 42.1 Å². The molecule has 4 atom stereocenters. The lowest BCUT2D eigenvalue weighted by atomic mass is 9.59. The third-order valence-corrected chi connectivity index (χ3v) is 9.44. The second-order valence-corrected chi connectivity index (χ2v) is 11.7. The van der Waals surface area contributed by atoms with Crippen molar-refractivity contribution >= 4 is 23.2 Å². The number of carbonyl (C=O) groups excluding carboxylic acids is 1. The Morgan fingerprint density at radius 3 is 2.56 bits per heavy atom. The van der Waals surface area contributed by atoms with E-state index in [0.29, 0.717) is 38.2 Å². The Labute approximate surface area is 243 Å². The first-order chi connectivity index (χ1) is 20.6. The van der Waals surface area contributed by atoms with Crippen molar-refractivity contribution in [1.82, 2.24) is 19.9 Å². The van der Waals surface area contributed by atoms with Gasteiger partial charge < -0.3 is 29.7 Å². The smallest absolute Gasteiger partial charge is 0.264 e. The maximum atomic E-state index is 16.4. The number of piperazine rings is 1. The number of pyridine rings is 1. The monoisotopic (exact) mass is 599 g/mol. The molecule has 0 radical (unpaired) electrons. The minimum absolute atomic E-state index is 0.0329. The van der Waals surface area contributed by atoms with Crippen LogP contribution >= 0.6 is 0 Å². The Morgan fingerprint density at radius 2 is 1.93 bits per heavy atom. The number of nitrogens with zero attached hydrogens (tertiary/aromatic N) is 5. The first-order valence-corrected chi connectivity index (χ1v) is 14.1. The minimum atomic E-state index is -3.13. The summed E-state index contributed by atoms with van der Waals surface area (Å²) >= 11 is 0. The molecule has 3 unspecified atom stereocenters. The van der Waals surface area contributed by atoms with E-state index in [2.05, 4.69) is 30.1 Å². The molecule has 1 saturated carbocycles. The van der Waals surface area contributed by atoms with E-state index in [0.717, 1.165) is 25.1 Å². The standard InChI is InChI=1S/C29H29F4N7O3/c1-14-12-39(6-5-38(14)2)19-8-18(30)23(15-9-35-28(36-10-15)40-13-21-29(40)4-3-20(29)43-21)24(31)25(19)37-27(42)17-11-34-22(41)7-16(17)26(32)33/h7-11,14,20-21,26H,3-6,12-13H2,1-2H3,(H,34,41)(H,37,42)/t14-,20?,21?,29?/m0/s1. The quantitative estimate of drug-likeness (QED) is 0.415. The summed E-state index contributed by atoms with van der Waals surface area (Å²) in [4.78, 5) is 41.8. The van der Waals surface area contributed by atoms with E-state index in [4.69, 9.17) is 4.74 Å². The number of aromatic nitrogens is 3. The summed E-state index contributed by atoms with van der Waals surface area (Å²) in [5.74, 6) is -2.62. The van der Waals surface area contributed by atoms with E-state index >= 15 is 8.78 Å². The number of carbonyl (C=O) groups is 1. The van der Waals surface area contributed by atoms with E-state index < -0.39 is 46.2 Å². The molecule has 2 aromatic heterocycles. The topological polar surface area (TPSA) is 107 Å². The van der Waals surface area contributed by atoms with Crippen LogP contribution in [-0.4, -0.2) is 82.8 Å². The highest BCUT2D eigenvalue weighted by Crippen LogP contribution is 2.59. The van der Waals surface area contributed by atoms with Crippen LogP contribution in [-0.2, 0) is 4.74 Å². The lowest BCUT2D eigenvalue weighted by Crippen LogP contribution is -2.89. The van der Waals surface area contributed by atoms with Crippen molar-refractivity contribution in [3.05, 3.63) is 63.8 Å². The zero-order chi connectivity index (χ0) is 30.2. The van der Waals surface area contributed by atoms with Gasteiger partial charge in [-0.2, -0.15) is 0 Å². The van der Waals surface area contributed by atoms with Crippen molar-refractivity contribution in [1.29, 1.82) is 0 Å². The van der Waals surface area contributed by atoms with Crippen LogP contribution in [0.4, 0.5) is 34.9 Å². The highest BCUT2D eigenvalue weighted by atomic mass is 19.3. The highest BCUT2D eigenvalue weighted by molar-refractivity contribution is 6.07. The SMILES string of the molecule is C[C@H]1CN(c2cc(F)c(-c3cnc(N4CC5OC6CCC654)nc3)c(F)c2NC(=O)c2c[nH]c(=O)cc2C(F)F)CCN1C. The maximum Gasteiger partial charge on any atom is 0.264 e. The van der Waals surface area contributed by atoms with Gasteiger partial charge in [0.15, 0.2) is 5.82 Å². The Balaban J connectivity index is 1.26. The fourth-order valence-electron chi connectivity index (χ4n) is 6.67. The largest absolute Gasteiger partial charge is 0.368 e. The second-order valence-electron chi connectivity index (χ2n) is 11.7. The summed E-state index contributed by atoms with van der Waals surface area (Å²) in [6.07, 6.45) is 2.67. The number of morpholine rings is 1. The van der Waals surface area contributed by atoms with Gasteiger partial charge in [0.05, 0.1) is 35.0 Å². The molecule has 7 rings (SSSR count). The molecular weight excluding hydrogens is 570 g/mol. The van der Waals surface area contributed by atoms with Crippen molar-refractivity contribution in [2.45, 2.75) is 50.0 Å². The van der Waals surface area contributed by atoms with E-state index in [-0.39, 0.29) is 40.7 Å². The van der Waals surface area contributed by atoms with Crippen molar-refractivity contribution in [2.75, 3.05) is 48.3 Å². The molecule has 4 aliphatic rings. The van der Waals surface area contributed by atoms with Crippen LogP contribution < -0.4 is 20.7 Å². The van der Waals surface area contributed by atoms with Gasteiger partial charge in [-0.25, -0.2) is 27.5 Å². The fourth-order valence-corrected chi connectivity index (χ4v) is 6.67. The maximum absolute atomic E-state index is 16.4. The van der Waals surface area contributed by atoms with Gasteiger partial charge in [0, 0.05) is 67.5 Å². The molecule has 3 aromatic rings. The first kappa shape index (κ1) is 27.8. The summed E-state index contributed by atoms with van der Waals surface area (Å²) in [6, 6.07) is 1.78. The number of hydrogen-bond donors (Lipinski definition) is 2. The van der Waals surface area contributed by atoms with E-state index in [1.807, 2.05) is 14.0 Å². The van der Waals surface area contributed by atoms with Gasteiger partial charge in [-0.05, 0) is 26.8 Å². The number of alkyl halides is 2. The molecular formula is C29H29F4N7O3. The first-order valence-electron chi connectivity index (χ1n) is 14.1. The molecule has 2 N–H and O–H groups in total. The molecule has 5 heterocycles. The number of aromatic amines is 1. The van der Waals surface area contributed by atoms with Gasteiger partial charge in [-0.15, -0.1) is 0 Å². The number of ether oxygens (including phenoxy) is 1. The Kier molecular flexibility index (Phi) is 6.47. The number of benzene rings is 1. The van der Waals surface area contributed by atoms with Crippen LogP contribution in [0.2, 0.25) is 0 Å². The molecule has 3 saturated heterocycles. The van der Waals surface area contributed by atoms with E-state index in [1.54, 1.807) is 4.90 Å². The molecule has 3 aliphatic heterocycles. The summed E-state index contributed by atoms with van der Waals surface area (Å²) in [7, 11) is 1.93. The van der Waals surface area contributed by atoms with Gasteiger partial charge in [0.25, 0.3) is 12.3 Å². The fraction of sp³-hybridized carbons (Fsp3) is 0.448. The molecule has 1 aromatic carbocycles. The molecule has 1 spiro atoms. The average Bonchev–Trinajstić information content (AvgIpc) is 2.95. The second kappa shape index (κ2) is 10.0. The number of nitrogens with one attached hydrogen (secondary N) is 2. The zero-order valence-corrected chi connectivity index (χ0v) is 23.4. The number of amides is 1. The molecule has 1 aliphatic carbocycles. The van der Waals surface area contributed by atoms with Crippen LogP contribution in [0.25, 0.3) is 11.1 Å². The highest BCUT2D eigenvalue weighted by Gasteiger charge is 2.73.